The molecule has 0 amide bonds. The second-order valence-corrected chi connectivity index (χ2v) is 3.10. The Morgan fingerprint density at radius 3 is 2.86 bits per heavy atom. The first-order chi connectivity index (χ1) is 6.81. The predicted octanol–water partition coefficient (Wildman–Crippen LogP) is 0.789. The maximum absolute atomic E-state index is 4.30. The van der Waals surface area contributed by atoms with Crippen LogP contribution < -0.4 is 4.68 Å². The molecule has 0 unspecified atom stereocenters. The van der Waals surface area contributed by atoms with Crippen LogP contribution in [-0.2, 0) is 13.6 Å². The Kier molecular flexibility index (Phi) is 2.26. The molecule has 2 rings (SSSR count). The third-order valence-electron chi connectivity index (χ3n) is 2.12. The van der Waals surface area contributed by atoms with E-state index >= 15 is 0 Å². The highest BCUT2D eigenvalue weighted by atomic mass is 15.5. The van der Waals surface area contributed by atoms with Crippen molar-refractivity contribution in [3.05, 3.63) is 30.6 Å². The van der Waals surface area contributed by atoms with E-state index in [0.717, 1.165) is 17.9 Å². The minimum atomic E-state index is 0.876. The molecule has 0 aliphatic rings. The van der Waals surface area contributed by atoms with Gasteiger partial charge in [0.15, 0.2) is 6.20 Å². The van der Waals surface area contributed by atoms with Gasteiger partial charge in [-0.15, -0.1) is 9.36 Å². The molecule has 0 saturated heterocycles. The molecule has 14 heavy (non-hydrogen) atoms. The molecule has 0 radical (unpaired) electrons. The molecule has 0 spiro atoms. The number of aryl methyl sites for hydroxylation is 2. The van der Waals surface area contributed by atoms with Gasteiger partial charge in [-0.25, -0.2) is 0 Å². The Balaban J connectivity index is 2.46. The zero-order valence-corrected chi connectivity index (χ0v) is 8.38. The third-order valence-corrected chi connectivity index (χ3v) is 2.12. The molecule has 4 nitrogen and oxygen atoms in total. The van der Waals surface area contributed by atoms with Crippen molar-refractivity contribution in [1.29, 1.82) is 0 Å². The summed E-state index contributed by atoms with van der Waals surface area (Å²) in [4.78, 5) is 4.28. The lowest BCUT2D eigenvalue weighted by molar-refractivity contribution is -0.752. The summed E-state index contributed by atoms with van der Waals surface area (Å²) in [6.45, 7) is 2.94. The van der Waals surface area contributed by atoms with Gasteiger partial charge in [-0.2, -0.15) is 0 Å². The molecule has 0 fully saturated rings. The summed E-state index contributed by atoms with van der Waals surface area (Å²) in [7, 11) is 1.93. The Morgan fingerprint density at radius 1 is 1.43 bits per heavy atom. The lowest BCUT2D eigenvalue weighted by Crippen LogP contribution is -2.34. The van der Waals surface area contributed by atoms with Crippen LogP contribution in [0.3, 0.4) is 0 Å². The maximum Gasteiger partial charge on any atom is 0.215 e. The third kappa shape index (κ3) is 1.51. The first kappa shape index (κ1) is 8.87. The molecule has 0 aromatic carbocycles. The van der Waals surface area contributed by atoms with Crippen molar-refractivity contribution >= 4 is 0 Å². The van der Waals surface area contributed by atoms with Gasteiger partial charge in [0.2, 0.25) is 5.69 Å². The number of rotatable bonds is 2. The molecule has 0 N–H and O–H groups in total. The molecule has 0 atom stereocenters. The van der Waals surface area contributed by atoms with Gasteiger partial charge in [-0.1, -0.05) is 6.07 Å². The van der Waals surface area contributed by atoms with E-state index in [-0.39, 0.29) is 0 Å². The highest BCUT2D eigenvalue weighted by Crippen LogP contribution is 2.11. The van der Waals surface area contributed by atoms with E-state index in [9.17, 15) is 0 Å². The van der Waals surface area contributed by atoms with Gasteiger partial charge >= 0.3 is 0 Å². The summed E-state index contributed by atoms with van der Waals surface area (Å²) in [5, 5.41) is 4.30. The topological polar surface area (TPSA) is 34.6 Å². The normalized spacial score (nSPS) is 10.4. The molecular weight excluding hydrogens is 176 g/mol. The summed E-state index contributed by atoms with van der Waals surface area (Å²) >= 11 is 0. The second-order valence-electron chi connectivity index (χ2n) is 3.10. The van der Waals surface area contributed by atoms with E-state index in [4.69, 9.17) is 0 Å². The van der Waals surface area contributed by atoms with E-state index in [1.807, 2.05) is 40.8 Å². The van der Waals surface area contributed by atoms with Crippen LogP contribution in [0.1, 0.15) is 6.92 Å². The minimum absolute atomic E-state index is 0.876. The van der Waals surface area contributed by atoms with Gasteiger partial charge in [0.25, 0.3) is 0 Å². The summed E-state index contributed by atoms with van der Waals surface area (Å²) in [5.41, 5.74) is 1.99. The van der Waals surface area contributed by atoms with Crippen molar-refractivity contribution in [3.63, 3.8) is 0 Å². The van der Waals surface area contributed by atoms with E-state index in [1.54, 1.807) is 6.20 Å². The SMILES string of the molecule is CC[n+]1cc(-c2ccccn2)n(C)n1. The maximum atomic E-state index is 4.30. The van der Waals surface area contributed by atoms with Crippen LogP contribution in [0.5, 0.6) is 0 Å². The molecule has 0 aliphatic carbocycles. The zero-order valence-electron chi connectivity index (χ0n) is 8.38. The van der Waals surface area contributed by atoms with Crippen LogP contribution in [0.4, 0.5) is 0 Å². The fraction of sp³-hybridized carbons (Fsp3) is 0.300. The molecule has 2 aromatic heterocycles. The first-order valence-electron chi connectivity index (χ1n) is 4.66. The minimum Gasteiger partial charge on any atom is -0.252 e. The Bertz CT molecular complexity index is 419. The smallest absolute Gasteiger partial charge is 0.215 e. The van der Waals surface area contributed by atoms with Crippen LogP contribution >= 0.6 is 0 Å². The number of hydrogen-bond donors (Lipinski definition) is 0. The monoisotopic (exact) mass is 189 g/mol. The lowest BCUT2D eigenvalue weighted by atomic mass is 10.3. The highest BCUT2D eigenvalue weighted by molar-refractivity contribution is 5.51. The predicted molar refractivity (Wildman–Crippen MR) is 52.3 cm³/mol. The van der Waals surface area contributed by atoms with E-state index in [0.29, 0.717) is 0 Å². The molecule has 0 aliphatic heterocycles. The van der Waals surface area contributed by atoms with Crippen LogP contribution in [0.15, 0.2) is 30.6 Å². The summed E-state index contributed by atoms with van der Waals surface area (Å²) in [6, 6.07) is 5.87. The highest BCUT2D eigenvalue weighted by Gasteiger charge is 2.13. The van der Waals surface area contributed by atoms with E-state index in [2.05, 4.69) is 17.1 Å². The average molecular weight is 189 g/mol. The van der Waals surface area contributed by atoms with Gasteiger partial charge in [0.1, 0.15) is 19.3 Å². The Labute approximate surface area is 82.8 Å². The zero-order chi connectivity index (χ0) is 9.97. The van der Waals surface area contributed by atoms with Gasteiger partial charge in [-0.05, 0) is 19.1 Å². The van der Waals surface area contributed by atoms with Crippen molar-refractivity contribution in [3.8, 4) is 11.4 Å². The van der Waals surface area contributed by atoms with Gasteiger partial charge in [0.05, 0.1) is 5.21 Å². The number of pyridine rings is 1. The first-order valence-corrected chi connectivity index (χ1v) is 4.66. The van der Waals surface area contributed by atoms with Crippen molar-refractivity contribution < 1.29 is 4.68 Å². The molecular formula is C10H13N4+. The number of aromatic nitrogens is 4. The van der Waals surface area contributed by atoms with E-state index < -0.39 is 0 Å². The average Bonchev–Trinajstić information content (AvgIpc) is 2.61. The van der Waals surface area contributed by atoms with Crippen LogP contribution in [0.25, 0.3) is 11.4 Å². The fourth-order valence-corrected chi connectivity index (χ4v) is 1.37. The number of hydrogen-bond acceptors (Lipinski definition) is 2. The summed E-state index contributed by atoms with van der Waals surface area (Å²) < 4.78 is 3.73. The second kappa shape index (κ2) is 3.57. The summed E-state index contributed by atoms with van der Waals surface area (Å²) in [6.07, 6.45) is 3.79. The molecule has 72 valence electrons. The largest absolute Gasteiger partial charge is 0.252 e. The van der Waals surface area contributed by atoms with E-state index in [1.165, 1.54) is 0 Å². The molecule has 2 heterocycles. The van der Waals surface area contributed by atoms with Crippen LogP contribution in [0.2, 0.25) is 0 Å². The molecule has 4 heteroatoms. The fourth-order valence-electron chi connectivity index (χ4n) is 1.37. The molecule has 2 aromatic rings. The Hall–Kier alpha value is -1.71. The van der Waals surface area contributed by atoms with Crippen LogP contribution in [-0.4, -0.2) is 14.9 Å². The van der Waals surface area contributed by atoms with Crippen LogP contribution in [0, 0.1) is 0 Å². The number of nitrogens with zero attached hydrogens (tertiary/aromatic N) is 4. The van der Waals surface area contributed by atoms with Crippen molar-refractivity contribution in [2.45, 2.75) is 13.5 Å². The standard InChI is InChI=1S/C10H13N4/c1-3-14-8-10(13(2)12-14)9-6-4-5-7-11-9/h4-8H,3H2,1-2H3/q+1. The van der Waals surface area contributed by atoms with Gasteiger partial charge < -0.3 is 0 Å². The quantitative estimate of drug-likeness (QED) is 0.655. The molecule has 0 saturated carbocycles. The molecule has 0 bridgehead atoms. The lowest BCUT2D eigenvalue weighted by Gasteiger charge is -1.91. The van der Waals surface area contributed by atoms with Crippen molar-refractivity contribution in [2.75, 3.05) is 0 Å². The van der Waals surface area contributed by atoms with Gasteiger partial charge in [0, 0.05) is 6.20 Å². The summed E-state index contributed by atoms with van der Waals surface area (Å²) in [5.74, 6) is 0. The van der Waals surface area contributed by atoms with Crippen molar-refractivity contribution in [1.82, 2.24) is 14.9 Å². The van der Waals surface area contributed by atoms with Gasteiger partial charge in [-0.3, -0.25) is 4.98 Å². The Morgan fingerprint density at radius 2 is 2.29 bits per heavy atom. The van der Waals surface area contributed by atoms with Crippen molar-refractivity contribution in [2.24, 2.45) is 7.05 Å².